The molecule has 92 valence electrons. The van der Waals surface area contributed by atoms with Crippen LogP contribution in [0, 0.1) is 0 Å². The van der Waals surface area contributed by atoms with Crippen molar-refractivity contribution in [2.45, 2.75) is 19.5 Å². The SMILES string of the molecule is CNCCc1ccc2c([Si](C)(C)O)csc2c1. The third-order valence-electron chi connectivity index (χ3n) is 2.96. The number of thiophene rings is 1. The van der Waals surface area contributed by atoms with Gasteiger partial charge in [0.25, 0.3) is 0 Å². The molecule has 0 saturated carbocycles. The highest BCUT2D eigenvalue weighted by Gasteiger charge is 2.23. The van der Waals surface area contributed by atoms with Crippen LogP contribution in [0.2, 0.25) is 13.1 Å². The first-order valence-electron chi connectivity index (χ1n) is 5.90. The molecule has 0 unspecified atom stereocenters. The molecule has 0 aliphatic carbocycles. The van der Waals surface area contributed by atoms with Crippen LogP contribution < -0.4 is 10.5 Å². The van der Waals surface area contributed by atoms with Crippen LogP contribution in [0.3, 0.4) is 0 Å². The van der Waals surface area contributed by atoms with Crippen molar-refractivity contribution in [3.05, 3.63) is 29.1 Å². The van der Waals surface area contributed by atoms with E-state index in [9.17, 15) is 4.80 Å². The summed E-state index contributed by atoms with van der Waals surface area (Å²) in [6.07, 6.45) is 1.06. The van der Waals surface area contributed by atoms with Crippen LogP contribution in [0.5, 0.6) is 0 Å². The van der Waals surface area contributed by atoms with E-state index in [1.54, 1.807) is 11.3 Å². The minimum Gasteiger partial charge on any atom is -0.428 e. The summed E-state index contributed by atoms with van der Waals surface area (Å²) in [5.41, 5.74) is 1.36. The highest BCUT2D eigenvalue weighted by Crippen LogP contribution is 2.23. The van der Waals surface area contributed by atoms with Gasteiger partial charge in [0.05, 0.1) is 0 Å². The van der Waals surface area contributed by atoms with Gasteiger partial charge in [-0.2, -0.15) is 0 Å². The molecule has 1 aromatic heterocycles. The summed E-state index contributed by atoms with van der Waals surface area (Å²) < 4.78 is 1.29. The van der Waals surface area contributed by atoms with Gasteiger partial charge in [0.1, 0.15) is 0 Å². The zero-order valence-electron chi connectivity index (χ0n) is 10.6. The van der Waals surface area contributed by atoms with Crippen molar-refractivity contribution >= 4 is 34.9 Å². The lowest BCUT2D eigenvalue weighted by atomic mass is 10.1. The maximum Gasteiger partial charge on any atom is 0.215 e. The predicted molar refractivity (Wildman–Crippen MR) is 78.8 cm³/mol. The summed E-state index contributed by atoms with van der Waals surface area (Å²) in [5.74, 6) is 0. The maximum absolute atomic E-state index is 10.2. The topological polar surface area (TPSA) is 32.3 Å². The average Bonchev–Trinajstić information content (AvgIpc) is 2.68. The predicted octanol–water partition coefficient (Wildman–Crippen LogP) is 2.07. The van der Waals surface area contributed by atoms with Gasteiger partial charge in [-0.05, 0) is 60.7 Å². The molecule has 0 aliphatic heterocycles. The van der Waals surface area contributed by atoms with Gasteiger partial charge in [0.15, 0.2) is 0 Å². The molecule has 0 radical (unpaired) electrons. The highest BCUT2D eigenvalue weighted by molar-refractivity contribution is 7.19. The number of hydrogen-bond acceptors (Lipinski definition) is 3. The van der Waals surface area contributed by atoms with Crippen LogP contribution in [0.4, 0.5) is 0 Å². The Balaban J connectivity index is 2.38. The van der Waals surface area contributed by atoms with Crippen molar-refractivity contribution < 1.29 is 4.80 Å². The molecular formula is C13H19NOSSi. The molecule has 1 aromatic carbocycles. The van der Waals surface area contributed by atoms with Gasteiger partial charge in [0.2, 0.25) is 8.32 Å². The minimum absolute atomic E-state index is 1.00. The lowest BCUT2D eigenvalue weighted by molar-refractivity contribution is 0.569. The largest absolute Gasteiger partial charge is 0.428 e. The Labute approximate surface area is 107 Å². The van der Waals surface area contributed by atoms with Gasteiger partial charge >= 0.3 is 0 Å². The number of likely N-dealkylation sites (N-methyl/N-ethyl adjacent to an activating group) is 1. The van der Waals surface area contributed by atoms with Crippen molar-refractivity contribution in [2.24, 2.45) is 0 Å². The number of rotatable bonds is 4. The minimum atomic E-state index is -2.19. The Morgan fingerprint density at radius 3 is 2.76 bits per heavy atom. The number of hydrogen-bond donors (Lipinski definition) is 2. The summed E-state index contributed by atoms with van der Waals surface area (Å²) in [5, 5.41) is 7.69. The second kappa shape index (κ2) is 4.90. The fraction of sp³-hybridized carbons (Fsp3) is 0.385. The molecule has 4 heteroatoms. The zero-order valence-corrected chi connectivity index (χ0v) is 12.4. The molecule has 2 rings (SSSR count). The molecule has 0 fully saturated rings. The lowest BCUT2D eigenvalue weighted by Crippen LogP contribution is -2.40. The Morgan fingerprint density at radius 2 is 2.12 bits per heavy atom. The first-order valence-corrected chi connectivity index (χ1v) is 9.72. The molecule has 2 aromatic rings. The van der Waals surface area contributed by atoms with E-state index in [1.807, 2.05) is 20.1 Å². The van der Waals surface area contributed by atoms with E-state index in [1.165, 1.54) is 15.6 Å². The van der Waals surface area contributed by atoms with Gasteiger partial charge < -0.3 is 10.1 Å². The van der Waals surface area contributed by atoms with Gasteiger partial charge in [-0.15, -0.1) is 11.3 Å². The Hall–Kier alpha value is -0.683. The van der Waals surface area contributed by atoms with E-state index in [-0.39, 0.29) is 0 Å². The second-order valence-electron chi connectivity index (χ2n) is 4.89. The van der Waals surface area contributed by atoms with E-state index in [2.05, 4.69) is 28.9 Å². The maximum atomic E-state index is 10.2. The van der Waals surface area contributed by atoms with Crippen molar-refractivity contribution in [2.75, 3.05) is 13.6 Å². The van der Waals surface area contributed by atoms with Gasteiger partial charge in [-0.25, -0.2) is 0 Å². The first kappa shape index (κ1) is 12.8. The highest BCUT2D eigenvalue weighted by atomic mass is 32.1. The number of benzene rings is 1. The summed E-state index contributed by atoms with van der Waals surface area (Å²) in [6, 6.07) is 6.59. The molecule has 0 bridgehead atoms. The Morgan fingerprint density at radius 1 is 1.35 bits per heavy atom. The van der Waals surface area contributed by atoms with Crippen LogP contribution in [0.15, 0.2) is 23.6 Å². The van der Waals surface area contributed by atoms with Crippen LogP contribution >= 0.6 is 11.3 Å². The molecule has 0 atom stereocenters. The van der Waals surface area contributed by atoms with Crippen LogP contribution in [-0.4, -0.2) is 26.7 Å². The average molecular weight is 265 g/mol. The smallest absolute Gasteiger partial charge is 0.215 e. The standard InChI is InChI=1S/C13H19NOSSi/c1-14-7-6-10-4-5-11-12(8-10)16-9-13(11)17(2,3)15/h4-5,8-9,14-15H,6-7H2,1-3H3. The molecule has 17 heavy (non-hydrogen) atoms. The van der Waals surface area contributed by atoms with E-state index in [0.29, 0.717) is 0 Å². The first-order chi connectivity index (χ1) is 8.02. The molecule has 0 amide bonds. The molecule has 2 N–H and O–H groups in total. The molecule has 0 aliphatic rings. The van der Waals surface area contributed by atoms with E-state index >= 15 is 0 Å². The van der Waals surface area contributed by atoms with Crippen molar-refractivity contribution in [1.29, 1.82) is 0 Å². The van der Waals surface area contributed by atoms with Crippen LogP contribution in [0.25, 0.3) is 10.1 Å². The zero-order chi connectivity index (χ0) is 12.5. The van der Waals surface area contributed by atoms with Gasteiger partial charge in [0, 0.05) is 4.70 Å². The third-order valence-corrected chi connectivity index (χ3v) is 5.85. The quantitative estimate of drug-likeness (QED) is 0.830. The Bertz CT molecular complexity index is 516. The molecule has 0 saturated heterocycles. The summed E-state index contributed by atoms with van der Waals surface area (Å²) in [7, 11) is -0.216. The van der Waals surface area contributed by atoms with Gasteiger partial charge in [-0.3, -0.25) is 0 Å². The van der Waals surface area contributed by atoms with E-state index in [4.69, 9.17) is 0 Å². The molecule has 2 nitrogen and oxygen atoms in total. The van der Waals surface area contributed by atoms with Crippen molar-refractivity contribution in [3.8, 4) is 0 Å². The third kappa shape index (κ3) is 2.77. The summed E-state index contributed by atoms with van der Waals surface area (Å²) in [6.45, 7) is 4.96. The monoisotopic (exact) mass is 265 g/mol. The van der Waals surface area contributed by atoms with Gasteiger partial charge in [-0.1, -0.05) is 12.1 Å². The fourth-order valence-electron chi connectivity index (χ4n) is 1.97. The van der Waals surface area contributed by atoms with E-state index < -0.39 is 8.32 Å². The van der Waals surface area contributed by atoms with Crippen molar-refractivity contribution in [3.63, 3.8) is 0 Å². The Kier molecular flexibility index (Phi) is 3.68. The lowest BCUT2D eigenvalue weighted by Gasteiger charge is -2.13. The van der Waals surface area contributed by atoms with Crippen LogP contribution in [0.1, 0.15) is 5.56 Å². The normalized spacial score (nSPS) is 12.2. The van der Waals surface area contributed by atoms with E-state index in [0.717, 1.165) is 18.2 Å². The van der Waals surface area contributed by atoms with Crippen molar-refractivity contribution in [1.82, 2.24) is 5.32 Å². The van der Waals surface area contributed by atoms with Crippen LogP contribution in [-0.2, 0) is 6.42 Å². The summed E-state index contributed by atoms with van der Waals surface area (Å²) in [4.78, 5) is 10.2. The number of fused-ring (bicyclic) bond motifs is 1. The molecule has 0 spiro atoms. The number of nitrogens with one attached hydrogen (secondary N) is 1. The summed E-state index contributed by atoms with van der Waals surface area (Å²) >= 11 is 1.74. The fourth-order valence-corrected chi connectivity index (χ4v) is 5.17. The molecular weight excluding hydrogens is 246 g/mol. The second-order valence-corrected chi connectivity index (χ2v) is 9.46. The molecule has 1 heterocycles.